The van der Waals surface area contributed by atoms with Crippen LogP contribution in [0.15, 0.2) is 41.3 Å². The first-order valence-corrected chi connectivity index (χ1v) is 8.54. The number of benzene rings is 2. The molecule has 2 aromatic carbocycles. The summed E-state index contributed by atoms with van der Waals surface area (Å²) in [5.41, 5.74) is 4.27. The highest BCUT2D eigenvalue weighted by molar-refractivity contribution is 7.89. The molecule has 3 nitrogen and oxygen atoms in total. The van der Waals surface area contributed by atoms with Gasteiger partial charge in [-0.05, 0) is 74.2 Å². The second-order valence-corrected chi connectivity index (χ2v) is 7.30. The van der Waals surface area contributed by atoms with Crippen LogP contribution in [0.5, 0.6) is 0 Å². The molecule has 0 spiro atoms. The largest absolute Gasteiger partial charge is 0.241 e. The summed E-state index contributed by atoms with van der Waals surface area (Å²) in [6.07, 6.45) is 0. The molecule has 0 radical (unpaired) electrons. The average Bonchev–Trinajstić information content (AvgIpc) is 2.42. The van der Waals surface area contributed by atoms with Crippen molar-refractivity contribution >= 4 is 10.0 Å². The van der Waals surface area contributed by atoms with E-state index in [0.717, 1.165) is 28.8 Å². The second-order valence-electron chi connectivity index (χ2n) is 5.59. The van der Waals surface area contributed by atoms with E-state index < -0.39 is 15.8 Å². The van der Waals surface area contributed by atoms with Gasteiger partial charge in [-0.25, -0.2) is 17.5 Å². The highest BCUT2D eigenvalue weighted by atomic mass is 32.2. The fraction of sp³-hybridized carbons (Fsp3) is 0.294. The Morgan fingerprint density at radius 1 is 0.955 bits per heavy atom. The average molecular weight is 321 g/mol. The van der Waals surface area contributed by atoms with E-state index in [9.17, 15) is 12.8 Å². The zero-order valence-corrected chi connectivity index (χ0v) is 14.0. The molecular weight excluding hydrogens is 301 g/mol. The van der Waals surface area contributed by atoms with Crippen molar-refractivity contribution in [2.24, 2.45) is 0 Å². The molecule has 0 amide bonds. The number of hydrogen-bond acceptors (Lipinski definition) is 2. The van der Waals surface area contributed by atoms with Crippen LogP contribution >= 0.6 is 0 Å². The summed E-state index contributed by atoms with van der Waals surface area (Å²) in [7, 11) is -3.68. The maximum Gasteiger partial charge on any atom is 0.241 e. The van der Waals surface area contributed by atoms with Crippen molar-refractivity contribution in [1.29, 1.82) is 0 Å². The molecule has 0 bridgehead atoms. The zero-order chi connectivity index (χ0) is 16.5. The van der Waals surface area contributed by atoms with Crippen molar-refractivity contribution in [3.05, 3.63) is 64.5 Å². The maximum atomic E-state index is 12.9. The molecule has 0 fully saturated rings. The molecule has 0 aliphatic rings. The van der Waals surface area contributed by atoms with Crippen molar-refractivity contribution in [3.63, 3.8) is 0 Å². The molecule has 22 heavy (non-hydrogen) atoms. The highest BCUT2D eigenvalue weighted by Crippen LogP contribution is 2.23. The van der Waals surface area contributed by atoms with E-state index in [2.05, 4.69) is 4.72 Å². The normalized spacial score (nSPS) is 13.1. The minimum Gasteiger partial charge on any atom is -0.207 e. The van der Waals surface area contributed by atoms with E-state index >= 15 is 0 Å². The lowest BCUT2D eigenvalue weighted by atomic mass is 9.97. The Morgan fingerprint density at radius 2 is 1.50 bits per heavy atom. The first kappa shape index (κ1) is 16.6. The summed E-state index contributed by atoms with van der Waals surface area (Å²) >= 11 is 0. The lowest BCUT2D eigenvalue weighted by Gasteiger charge is -2.18. The molecule has 0 saturated heterocycles. The maximum absolute atomic E-state index is 12.9. The third-order valence-electron chi connectivity index (χ3n) is 3.80. The van der Waals surface area contributed by atoms with Gasteiger partial charge in [0, 0.05) is 6.04 Å². The SMILES string of the molecule is Cc1cc(C)c([C@H](C)NS(=O)(=O)c2ccc(F)cc2)cc1C. The fourth-order valence-corrected chi connectivity index (χ4v) is 3.65. The number of rotatable bonds is 4. The Morgan fingerprint density at radius 3 is 2.09 bits per heavy atom. The number of halogens is 1. The lowest BCUT2D eigenvalue weighted by molar-refractivity contribution is 0.565. The van der Waals surface area contributed by atoms with Crippen LogP contribution in [0.3, 0.4) is 0 Å². The summed E-state index contributed by atoms with van der Waals surface area (Å²) < 4.78 is 40.3. The summed E-state index contributed by atoms with van der Waals surface area (Å²) in [4.78, 5) is 0.0576. The Bertz CT molecular complexity index is 783. The molecular formula is C17H20FNO2S. The lowest BCUT2D eigenvalue weighted by Crippen LogP contribution is -2.27. The molecule has 1 atom stereocenters. The van der Waals surface area contributed by atoms with Crippen LogP contribution in [0.1, 0.15) is 35.2 Å². The summed E-state index contributed by atoms with van der Waals surface area (Å²) in [6.45, 7) is 7.79. The van der Waals surface area contributed by atoms with E-state index in [1.165, 1.54) is 17.7 Å². The van der Waals surface area contributed by atoms with E-state index in [-0.39, 0.29) is 10.9 Å². The molecule has 0 heterocycles. The summed E-state index contributed by atoms with van der Waals surface area (Å²) in [5, 5.41) is 0. The molecule has 1 N–H and O–H groups in total. The van der Waals surface area contributed by atoms with Crippen LogP contribution < -0.4 is 4.72 Å². The Kier molecular flexibility index (Phi) is 4.68. The quantitative estimate of drug-likeness (QED) is 0.931. The molecule has 5 heteroatoms. The Hall–Kier alpha value is -1.72. The van der Waals surface area contributed by atoms with Crippen LogP contribution in [0.2, 0.25) is 0 Å². The predicted octanol–water partition coefficient (Wildman–Crippen LogP) is 3.79. The van der Waals surface area contributed by atoms with Gasteiger partial charge in [0.15, 0.2) is 0 Å². The third kappa shape index (κ3) is 3.54. The van der Waals surface area contributed by atoms with Gasteiger partial charge in [-0.2, -0.15) is 0 Å². The molecule has 0 aliphatic carbocycles. The molecule has 2 rings (SSSR count). The molecule has 2 aromatic rings. The zero-order valence-electron chi connectivity index (χ0n) is 13.1. The summed E-state index contributed by atoms with van der Waals surface area (Å²) in [6, 6.07) is 8.49. The third-order valence-corrected chi connectivity index (χ3v) is 5.36. The van der Waals surface area contributed by atoms with Crippen molar-refractivity contribution in [1.82, 2.24) is 4.72 Å². The van der Waals surface area contributed by atoms with Crippen molar-refractivity contribution in [3.8, 4) is 0 Å². The van der Waals surface area contributed by atoms with Crippen molar-refractivity contribution < 1.29 is 12.8 Å². The second kappa shape index (κ2) is 6.18. The Balaban J connectivity index is 2.30. The van der Waals surface area contributed by atoms with E-state index in [1.54, 1.807) is 6.92 Å². The molecule has 0 unspecified atom stereocenters. The number of nitrogens with one attached hydrogen (secondary N) is 1. The fourth-order valence-electron chi connectivity index (χ4n) is 2.43. The van der Waals surface area contributed by atoms with Crippen molar-refractivity contribution in [2.45, 2.75) is 38.6 Å². The van der Waals surface area contributed by atoms with E-state index in [1.807, 2.05) is 32.9 Å². The van der Waals surface area contributed by atoms with Crippen LogP contribution in [0, 0.1) is 26.6 Å². The van der Waals surface area contributed by atoms with Gasteiger partial charge in [-0.1, -0.05) is 12.1 Å². The topological polar surface area (TPSA) is 46.2 Å². The molecule has 118 valence electrons. The first-order valence-electron chi connectivity index (χ1n) is 7.06. The van der Waals surface area contributed by atoms with Crippen LogP contribution in [-0.2, 0) is 10.0 Å². The van der Waals surface area contributed by atoms with E-state index in [4.69, 9.17) is 0 Å². The number of sulfonamides is 1. The molecule has 0 aliphatic heterocycles. The monoisotopic (exact) mass is 321 g/mol. The van der Waals surface area contributed by atoms with Gasteiger partial charge in [-0.3, -0.25) is 0 Å². The number of hydrogen-bond donors (Lipinski definition) is 1. The van der Waals surface area contributed by atoms with Crippen LogP contribution in [0.4, 0.5) is 4.39 Å². The van der Waals surface area contributed by atoms with Crippen LogP contribution in [0.25, 0.3) is 0 Å². The van der Waals surface area contributed by atoms with E-state index in [0.29, 0.717) is 0 Å². The van der Waals surface area contributed by atoms with Crippen LogP contribution in [-0.4, -0.2) is 8.42 Å². The smallest absolute Gasteiger partial charge is 0.207 e. The standard InChI is InChI=1S/C17H20FNO2S/c1-11-9-13(3)17(10-12(11)2)14(4)19-22(20,21)16-7-5-15(18)6-8-16/h5-10,14,19H,1-4H3/t14-/m0/s1. The minimum absolute atomic E-state index is 0.0576. The molecule has 0 aromatic heterocycles. The summed E-state index contributed by atoms with van der Waals surface area (Å²) in [5.74, 6) is -0.461. The first-order chi connectivity index (χ1) is 10.2. The molecule has 0 saturated carbocycles. The minimum atomic E-state index is -3.68. The predicted molar refractivity (Wildman–Crippen MR) is 85.8 cm³/mol. The van der Waals surface area contributed by atoms with Crippen molar-refractivity contribution in [2.75, 3.05) is 0 Å². The van der Waals surface area contributed by atoms with Gasteiger partial charge in [0.1, 0.15) is 5.82 Å². The van der Waals surface area contributed by atoms with Gasteiger partial charge in [0.2, 0.25) is 10.0 Å². The Labute approximate surface area is 131 Å². The van der Waals surface area contributed by atoms with Gasteiger partial charge in [0.05, 0.1) is 4.90 Å². The van der Waals surface area contributed by atoms with Gasteiger partial charge in [-0.15, -0.1) is 0 Å². The highest BCUT2D eigenvalue weighted by Gasteiger charge is 2.19. The van der Waals surface area contributed by atoms with Gasteiger partial charge in [0.25, 0.3) is 0 Å². The van der Waals surface area contributed by atoms with Gasteiger partial charge >= 0.3 is 0 Å². The van der Waals surface area contributed by atoms with Gasteiger partial charge < -0.3 is 0 Å². The number of aryl methyl sites for hydroxylation is 3.